The van der Waals surface area contributed by atoms with Gasteiger partial charge in [-0.2, -0.15) is 0 Å². The molecule has 1 amide bonds. The Bertz CT molecular complexity index is 1630. The largest absolute Gasteiger partial charge is 0.496 e. The number of carbonyl (C=O) groups excluding carboxylic acids is 2. The minimum atomic E-state index is -0.180. The molecule has 8 nitrogen and oxygen atoms in total. The van der Waals surface area contributed by atoms with Gasteiger partial charge in [-0.25, -0.2) is 0 Å². The molecule has 4 aromatic carbocycles. The fraction of sp³-hybridized carbons (Fsp3) is 0.235. The second-order valence-corrected chi connectivity index (χ2v) is 10.4. The third kappa shape index (κ3) is 5.80. The summed E-state index contributed by atoms with van der Waals surface area (Å²) in [6.45, 7) is 5.36. The summed E-state index contributed by atoms with van der Waals surface area (Å²) in [7, 11) is 1.55. The first kappa shape index (κ1) is 27.4. The highest BCUT2D eigenvalue weighted by Gasteiger charge is 2.20. The third-order valence-electron chi connectivity index (χ3n) is 7.65. The van der Waals surface area contributed by atoms with Crippen molar-refractivity contribution in [3.8, 4) is 22.6 Å². The summed E-state index contributed by atoms with van der Waals surface area (Å²) in [6, 6.07) is 25.3. The van der Waals surface area contributed by atoms with Gasteiger partial charge in [0.2, 0.25) is 0 Å². The second-order valence-electron chi connectivity index (χ2n) is 10.4. The molecule has 0 saturated carbocycles. The average Bonchev–Trinajstić information content (AvgIpc) is 3.16. The van der Waals surface area contributed by atoms with E-state index in [1.807, 2.05) is 60.7 Å². The smallest absolute Gasteiger partial charge is 0.257 e. The maximum atomic E-state index is 13.1. The predicted octanol–water partition coefficient (Wildman–Crippen LogP) is 6.33. The molecule has 0 unspecified atom stereocenters. The van der Waals surface area contributed by atoms with E-state index in [9.17, 15) is 9.59 Å². The van der Waals surface area contributed by atoms with Gasteiger partial charge >= 0.3 is 0 Å². The molecule has 214 valence electrons. The number of fused-ring (bicyclic) bond motifs is 2. The first-order valence-corrected chi connectivity index (χ1v) is 14.1. The fourth-order valence-corrected chi connectivity index (χ4v) is 5.34. The van der Waals surface area contributed by atoms with Crippen molar-refractivity contribution in [3.63, 3.8) is 0 Å². The molecule has 8 heteroatoms. The first-order chi connectivity index (χ1) is 20.5. The number of Topliss-reactive ketones (excluding diaryl/α,β-unsaturated/α-hetero) is 1. The highest BCUT2D eigenvalue weighted by atomic mass is 16.5. The number of ketones is 1. The van der Waals surface area contributed by atoms with Crippen molar-refractivity contribution in [1.29, 1.82) is 0 Å². The van der Waals surface area contributed by atoms with Gasteiger partial charge in [0.05, 0.1) is 55.1 Å². The Kier molecular flexibility index (Phi) is 7.79. The maximum absolute atomic E-state index is 13.1. The van der Waals surface area contributed by atoms with Crippen LogP contribution in [0.25, 0.3) is 11.1 Å². The molecule has 0 bridgehead atoms. The fourth-order valence-electron chi connectivity index (χ4n) is 5.34. The Labute approximate surface area is 245 Å². The number of morpholine rings is 1. The van der Waals surface area contributed by atoms with Crippen molar-refractivity contribution >= 4 is 34.4 Å². The normalized spacial score (nSPS) is 14.1. The summed E-state index contributed by atoms with van der Waals surface area (Å²) in [4.78, 5) is 27.4. The van der Waals surface area contributed by atoms with Crippen LogP contribution in [-0.4, -0.2) is 51.7 Å². The quantitative estimate of drug-likeness (QED) is 0.242. The minimum Gasteiger partial charge on any atom is -0.496 e. The molecule has 0 aromatic heterocycles. The molecule has 2 aliphatic rings. The predicted molar refractivity (Wildman–Crippen MR) is 165 cm³/mol. The zero-order chi connectivity index (χ0) is 29.1. The molecule has 1 saturated heterocycles. The van der Waals surface area contributed by atoms with Gasteiger partial charge in [0.15, 0.2) is 5.78 Å². The topological polar surface area (TPSA) is 89.1 Å². The highest BCUT2D eigenvalue weighted by Crippen LogP contribution is 2.36. The molecule has 4 aromatic rings. The number of hydrogen-bond donors (Lipinski definition) is 2. The van der Waals surface area contributed by atoms with Gasteiger partial charge < -0.3 is 29.7 Å². The van der Waals surface area contributed by atoms with Crippen LogP contribution >= 0.6 is 0 Å². The van der Waals surface area contributed by atoms with Crippen LogP contribution in [0.3, 0.4) is 0 Å². The van der Waals surface area contributed by atoms with E-state index in [0.717, 1.165) is 60.1 Å². The molecule has 2 heterocycles. The Hall–Kier alpha value is -4.82. The second kappa shape index (κ2) is 12.0. The number of rotatable bonds is 8. The standard InChI is InChI=1S/C34H33N3O5/c1-22(38)28-10-4-25(21-33(28)40-2)24-5-11-29-31(20-24)35-30-12-3-23(19-32(30)36-34(29)39)13-16-42-27-8-6-26(7-9-27)37-14-17-41-18-15-37/h3-12,19-21,35H,13-18H2,1-2H3,(H,36,39). The van der Waals surface area contributed by atoms with E-state index in [0.29, 0.717) is 35.6 Å². The van der Waals surface area contributed by atoms with Gasteiger partial charge in [0.25, 0.3) is 5.91 Å². The number of methoxy groups -OCH3 is 1. The monoisotopic (exact) mass is 563 g/mol. The molecule has 2 N–H and O–H groups in total. The number of nitrogens with one attached hydrogen (secondary N) is 2. The lowest BCUT2D eigenvalue weighted by Crippen LogP contribution is -2.36. The molecular formula is C34H33N3O5. The molecule has 6 rings (SSSR count). The van der Waals surface area contributed by atoms with Crippen molar-refractivity contribution in [2.75, 3.05) is 55.6 Å². The van der Waals surface area contributed by atoms with Gasteiger partial charge in [-0.3, -0.25) is 9.59 Å². The van der Waals surface area contributed by atoms with Crippen LogP contribution in [-0.2, 0) is 11.2 Å². The van der Waals surface area contributed by atoms with Gasteiger partial charge in [0.1, 0.15) is 11.5 Å². The van der Waals surface area contributed by atoms with E-state index in [1.54, 1.807) is 13.2 Å². The van der Waals surface area contributed by atoms with E-state index in [-0.39, 0.29) is 11.7 Å². The zero-order valence-corrected chi connectivity index (χ0v) is 23.7. The van der Waals surface area contributed by atoms with E-state index in [2.05, 4.69) is 27.7 Å². The van der Waals surface area contributed by atoms with E-state index >= 15 is 0 Å². The summed E-state index contributed by atoms with van der Waals surface area (Å²) >= 11 is 0. The zero-order valence-electron chi connectivity index (χ0n) is 23.7. The van der Waals surface area contributed by atoms with E-state index in [1.165, 1.54) is 12.6 Å². The Balaban J connectivity index is 1.13. The lowest BCUT2D eigenvalue weighted by molar-refractivity contribution is 0.101. The Morgan fingerprint density at radius 2 is 1.62 bits per heavy atom. The summed E-state index contributed by atoms with van der Waals surface area (Å²) in [5.74, 6) is 1.12. The van der Waals surface area contributed by atoms with Crippen LogP contribution in [0.1, 0.15) is 33.2 Å². The molecular weight excluding hydrogens is 530 g/mol. The van der Waals surface area contributed by atoms with Gasteiger partial charge in [0, 0.05) is 25.2 Å². The summed E-state index contributed by atoms with van der Waals surface area (Å²) in [6.07, 6.45) is 0.698. The number of benzene rings is 4. The maximum Gasteiger partial charge on any atom is 0.257 e. The van der Waals surface area contributed by atoms with Crippen LogP contribution in [0.15, 0.2) is 78.9 Å². The van der Waals surface area contributed by atoms with Crippen molar-refractivity contribution in [3.05, 3.63) is 95.6 Å². The summed E-state index contributed by atoms with van der Waals surface area (Å²) in [5, 5.41) is 6.48. The van der Waals surface area contributed by atoms with Crippen LogP contribution in [0, 0.1) is 0 Å². The lowest BCUT2D eigenvalue weighted by Gasteiger charge is -2.28. The summed E-state index contributed by atoms with van der Waals surface area (Å²) < 4.78 is 16.9. The molecule has 42 heavy (non-hydrogen) atoms. The molecule has 2 aliphatic heterocycles. The first-order valence-electron chi connectivity index (χ1n) is 14.1. The molecule has 0 radical (unpaired) electrons. The van der Waals surface area contributed by atoms with Crippen LogP contribution in [0.4, 0.5) is 22.7 Å². The number of hydrogen-bond acceptors (Lipinski definition) is 7. The van der Waals surface area contributed by atoms with Crippen molar-refractivity contribution in [1.82, 2.24) is 0 Å². The number of amides is 1. The average molecular weight is 564 g/mol. The number of carbonyl (C=O) groups is 2. The molecule has 0 aliphatic carbocycles. The van der Waals surface area contributed by atoms with Crippen LogP contribution < -0.4 is 25.0 Å². The molecule has 1 fully saturated rings. The van der Waals surface area contributed by atoms with Gasteiger partial charge in [-0.1, -0.05) is 18.2 Å². The number of anilines is 4. The third-order valence-corrected chi connectivity index (χ3v) is 7.65. The Morgan fingerprint density at radius 1 is 0.857 bits per heavy atom. The number of ether oxygens (including phenoxy) is 3. The minimum absolute atomic E-state index is 0.0562. The highest BCUT2D eigenvalue weighted by molar-refractivity contribution is 6.12. The van der Waals surface area contributed by atoms with Crippen molar-refractivity contribution in [2.45, 2.75) is 13.3 Å². The lowest BCUT2D eigenvalue weighted by atomic mass is 9.99. The van der Waals surface area contributed by atoms with Gasteiger partial charge in [-0.15, -0.1) is 0 Å². The van der Waals surface area contributed by atoms with E-state index in [4.69, 9.17) is 14.2 Å². The Morgan fingerprint density at radius 3 is 2.38 bits per heavy atom. The summed E-state index contributed by atoms with van der Waals surface area (Å²) in [5.41, 5.74) is 7.34. The van der Waals surface area contributed by atoms with Crippen molar-refractivity contribution < 1.29 is 23.8 Å². The van der Waals surface area contributed by atoms with E-state index < -0.39 is 0 Å². The van der Waals surface area contributed by atoms with Gasteiger partial charge in [-0.05, 0) is 84.3 Å². The van der Waals surface area contributed by atoms with Crippen LogP contribution in [0.2, 0.25) is 0 Å². The van der Waals surface area contributed by atoms with Crippen LogP contribution in [0.5, 0.6) is 11.5 Å². The molecule has 0 atom stereocenters. The molecule has 0 spiro atoms. The number of nitrogens with zero attached hydrogens (tertiary/aromatic N) is 1. The van der Waals surface area contributed by atoms with Crippen molar-refractivity contribution in [2.24, 2.45) is 0 Å². The SMILES string of the molecule is COc1cc(-c2ccc3c(c2)Nc2ccc(CCOc4ccc(N5CCOCC5)cc4)cc2NC3=O)ccc1C(C)=O.